The number of aromatic nitrogens is 3. The van der Waals surface area contributed by atoms with Gasteiger partial charge < -0.3 is 15.6 Å². The molecule has 196 valence electrons. The van der Waals surface area contributed by atoms with Gasteiger partial charge >= 0.3 is 0 Å². The number of fused-ring (bicyclic) bond motifs is 1. The number of anilines is 1. The molecule has 4 heterocycles. The van der Waals surface area contributed by atoms with Crippen molar-refractivity contribution in [2.75, 3.05) is 38.1 Å². The van der Waals surface area contributed by atoms with Crippen molar-refractivity contribution in [1.29, 1.82) is 10.7 Å². The van der Waals surface area contributed by atoms with Crippen LogP contribution in [0, 0.1) is 22.7 Å². The van der Waals surface area contributed by atoms with Crippen LogP contribution < -0.4 is 10.2 Å². The highest BCUT2D eigenvalue weighted by atomic mass is 15.3. The summed E-state index contributed by atoms with van der Waals surface area (Å²) in [6.07, 6.45) is 9.41. The minimum Gasteiger partial charge on any atom is -0.393 e. The Balaban J connectivity index is 1.26. The van der Waals surface area contributed by atoms with Gasteiger partial charge in [-0.15, -0.1) is 0 Å². The molecule has 39 heavy (non-hydrogen) atoms. The van der Waals surface area contributed by atoms with Crippen molar-refractivity contribution in [3.63, 3.8) is 0 Å². The van der Waals surface area contributed by atoms with Crippen LogP contribution in [0.1, 0.15) is 29.5 Å². The van der Waals surface area contributed by atoms with Gasteiger partial charge in [0.25, 0.3) is 0 Å². The Morgan fingerprint density at radius 1 is 1.10 bits per heavy atom. The van der Waals surface area contributed by atoms with Crippen LogP contribution in [-0.4, -0.2) is 58.4 Å². The molecule has 1 aliphatic heterocycles. The molecule has 2 fully saturated rings. The average Bonchev–Trinajstić information content (AvgIpc) is 3.75. The van der Waals surface area contributed by atoms with Crippen LogP contribution >= 0.6 is 0 Å². The Bertz CT molecular complexity index is 1550. The predicted octanol–water partition coefficient (Wildman–Crippen LogP) is 4.58. The normalized spacial score (nSPS) is 16.3. The first-order chi connectivity index (χ1) is 19.1. The highest BCUT2D eigenvalue weighted by molar-refractivity contribution is 6.24. The van der Waals surface area contributed by atoms with Gasteiger partial charge in [-0.1, -0.05) is 30.3 Å². The highest BCUT2D eigenvalue weighted by Crippen LogP contribution is 2.37. The zero-order valence-corrected chi connectivity index (χ0v) is 22.1. The van der Waals surface area contributed by atoms with Gasteiger partial charge in [-0.3, -0.25) is 4.90 Å². The Kier molecular flexibility index (Phi) is 6.82. The van der Waals surface area contributed by atoms with Crippen LogP contribution in [0.3, 0.4) is 0 Å². The number of pyridine rings is 2. The largest absolute Gasteiger partial charge is 0.393 e. The summed E-state index contributed by atoms with van der Waals surface area (Å²) in [6.45, 7) is 4.83. The van der Waals surface area contributed by atoms with Crippen molar-refractivity contribution >= 4 is 22.6 Å². The number of allylic oxidation sites excluding steroid dienone is 1. The Morgan fingerprint density at radius 2 is 1.90 bits per heavy atom. The molecule has 0 atom stereocenters. The lowest BCUT2D eigenvalue weighted by molar-refractivity contribution is 0.249. The van der Waals surface area contributed by atoms with Gasteiger partial charge in [0.1, 0.15) is 11.9 Å². The topological polar surface area (TPSA) is 96.3 Å². The third-order valence-corrected chi connectivity index (χ3v) is 7.61. The van der Waals surface area contributed by atoms with E-state index in [9.17, 15) is 5.26 Å². The molecule has 3 aromatic heterocycles. The molecule has 0 unspecified atom stereocenters. The van der Waals surface area contributed by atoms with Crippen molar-refractivity contribution in [1.82, 2.24) is 24.8 Å². The first kappa shape index (κ1) is 24.8. The second-order valence-corrected chi connectivity index (χ2v) is 10.3. The molecular weight excluding hydrogens is 484 g/mol. The third kappa shape index (κ3) is 5.14. The fourth-order valence-electron chi connectivity index (χ4n) is 5.33. The number of nitriles is 1. The van der Waals surface area contributed by atoms with Crippen LogP contribution in [-0.2, 0) is 6.54 Å². The van der Waals surface area contributed by atoms with Crippen molar-refractivity contribution in [2.24, 2.45) is 5.92 Å². The standard InChI is InChI=1S/C31H32N8/c1-34-19-28(30(33)23-7-8-23)25-15-27(31-26(16-32)18-36-39(31)21-25)24-9-10-29(35-17-24)38-13-11-37(12-14-38)20-22-5-3-2-4-6-22/h2-6,9-10,15,17-19,21,23,33-34H,7-8,11-14,20H2,1H3/b28-19-,33-30?. The van der Waals surface area contributed by atoms with Crippen LogP contribution in [0.15, 0.2) is 73.3 Å². The van der Waals surface area contributed by atoms with Gasteiger partial charge in [-0.25, -0.2) is 9.50 Å². The summed E-state index contributed by atoms with van der Waals surface area (Å²) in [5.41, 5.74) is 6.83. The lowest BCUT2D eigenvalue weighted by Crippen LogP contribution is -2.46. The molecule has 8 heteroatoms. The van der Waals surface area contributed by atoms with Gasteiger partial charge in [0.05, 0.1) is 17.3 Å². The molecule has 1 saturated carbocycles. The first-order valence-electron chi connectivity index (χ1n) is 13.5. The molecule has 8 nitrogen and oxygen atoms in total. The quantitative estimate of drug-likeness (QED) is 0.333. The fourth-order valence-corrected chi connectivity index (χ4v) is 5.33. The highest BCUT2D eigenvalue weighted by Gasteiger charge is 2.30. The second-order valence-electron chi connectivity index (χ2n) is 10.3. The van der Waals surface area contributed by atoms with Gasteiger partial charge in [-0.05, 0) is 36.6 Å². The number of nitrogens with one attached hydrogen (secondary N) is 2. The molecule has 2 N–H and O–H groups in total. The summed E-state index contributed by atoms with van der Waals surface area (Å²) in [5.74, 6) is 1.27. The number of hydrogen-bond acceptors (Lipinski definition) is 7. The molecule has 1 saturated heterocycles. The van der Waals surface area contributed by atoms with Crippen LogP contribution in [0.2, 0.25) is 0 Å². The smallest absolute Gasteiger partial charge is 0.128 e. The van der Waals surface area contributed by atoms with E-state index in [1.165, 1.54) is 5.56 Å². The summed E-state index contributed by atoms with van der Waals surface area (Å²) >= 11 is 0. The van der Waals surface area contributed by atoms with Crippen molar-refractivity contribution in [3.05, 3.63) is 90.0 Å². The number of benzene rings is 1. The summed E-state index contributed by atoms with van der Waals surface area (Å²) in [4.78, 5) is 9.67. The van der Waals surface area contributed by atoms with E-state index in [0.717, 1.165) is 79.2 Å². The number of hydrogen-bond donors (Lipinski definition) is 2. The van der Waals surface area contributed by atoms with Gasteiger partial charge in [0, 0.05) is 92.3 Å². The van der Waals surface area contributed by atoms with Crippen molar-refractivity contribution in [2.45, 2.75) is 19.4 Å². The van der Waals surface area contributed by atoms with E-state index >= 15 is 0 Å². The third-order valence-electron chi connectivity index (χ3n) is 7.61. The van der Waals surface area contributed by atoms with E-state index in [4.69, 9.17) is 10.4 Å². The van der Waals surface area contributed by atoms with Crippen molar-refractivity contribution in [3.8, 4) is 17.2 Å². The Morgan fingerprint density at radius 3 is 2.56 bits per heavy atom. The SMILES string of the molecule is CN/C=C(\C(=N)C1CC1)c1cc(-c2ccc(N3CCN(Cc4ccccc4)CC3)nc2)c2c(C#N)cnn2c1. The maximum Gasteiger partial charge on any atom is 0.128 e. The number of nitrogens with zero attached hydrogens (tertiary/aromatic N) is 6. The van der Waals surface area contributed by atoms with Crippen LogP contribution in [0.5, 0.6) is 0 Å². The number of piperazine rings is 1. The zero-order chi connectivity index (χ0) is 26.8. The second kappa shape index (κ2) is 10.7. The summed E-state index contributed by atoms with van der Waals surface area (Å²) in [6, 6.07) is 19.1. The molecular formula is C31H32N8. The van der Waals surface area contributed by atoms with E-state index < -0.39 is 0 Å². The van der Waals surface area contributed by atoms with E-state index in [2.05, 4.69) is 74.8 Å². The van der Waals surface area contributed by atoms with E-state index in [1.807, 2.05) is 25.6 Å². The molecule has 1 aliphatic carbocycles. The molecule has 6 rings (SSSR count). The minimum absolute atomic E-state index is 0.310. The van der Waals surface area contributed by atoms with Crippen LogP contribution in [0.4, 0.5) is 5.82 Å². The first-order valence-corrected chi connectivity index (χ1v) is 13.5. The summed E-state index contributed by atoms with van der Waals surface area (Å²) in [7, 11) is 1.85. The summed E-state index contributed by atoms with van der Waals surface area (Å²) in [5, 5.41) is 26.1. The molecule has 4 aromatic rings. The van der Waals surface area contributed by atoms with E-state index in [0.29, 0.717) is 17.2 Å². The van der Waals surface area contributed by atoms with Crippen molar-refractivity contribution < 1.29 is 0 Å². The molecule has 2 aliphatic rings. The Hall–Kier alpha value is -4.48. The summed E-state index contributed by atoms with van der Waals surface area (Å²) < 4.78 is 1.76. The maximum absolute atomic E-state index is 9.77. The van der Waals surface area contributed by atoms with Gasteiger partial charge in [-0.2, -0.15) is 10.4 Å². The molecule has 1 aromatic carbocycles. The lowest BCUT2D eigenvalue weighted by atomic mass is 9.96. The van der Waals surface area contributed by atoms with Gasteiger partial charge in [0.15, 0.2) is 0 Å². The predicted molar refractivity (Wildman–Crippen MR) is 155 cm³/mol. The molecule has 0 amide bonds. The Labute approximate surface area is 228 Å². The van der Waals surface area contributed by atoms with E-state index in [-0.39, 0.29) is 0 Å². The average molecular weight is 517 g/mol. The lowest BCUT2D eigenvalue weighted by Gasteiger charge is -2.35. The minimum atomic E-state index is 0.310. The number of rotatable bonds is 8. The molecule has 0 spiro atoms. The van der Waals surface area contributed by atoms with Crippen LogP contribution in [0.25, 0.3) is 22.2 Å². The monoisotopic (exact) mass is 516 g/mol. The van der Waals surface area contributed by atoms with E-state index in [1.54, 1.807) is 10.7 Å². The molecule has 0 bridgehead atoms. The maximum atomic E-state index is 9.77. The van der Waals surface area contributed by atoms with Gasteiger partial charge in [0.2, 0.25) is 0 Å². The molecule has 0 radical (unpaired) electrons. The zero-order valence-electron chi connectivity index (χ0n) is 22.1. The fraction of sp³-hybridized carbons (Fsp3) is 0.290.